The molecule has 0 aliphatic carbocycles. The Bertz CT molecular complexity index is 710. The Labute approximate surface area is 166 Å². The first kappa shape index (κ1) is 21.0. The van der Waals surface area contributed by atoms with Gasteiger partial charge < -0.3 is 19.9 Å². The molecule has 0 heterocycles. The van der Waals surface area contributed by atoms with Crippen LogP contribution in [0.1, 0.15) is 24.0 Å². The normalized spacial score (nSPS) is 10.8. The molecule has 142 valence electrons. The fraction of sp³-hybridized carbons (Fsp3) is 0.368. The topological polar surface area (TPSA) is 50.7 Å². The van der Waals surface area contributed by atoms with Crippen LogP contribution in [0.2, 0.25) is 5.02 Å². The van der Waals surface area contributed by atoms with E-state index in [9.17, 15) is 4.39 Å². The maximum Gasteiger partial charge on any atom is 0.162 e. The monoisotopic (exact) mass is 445 g/mol. The molecule has 0 radical (unpaired) electrons. The zero-order valence-electron chi connectivity index (χ0n) is 14.5. The average Bonchev–Trinajstić information content (AvgIpc) is 2.62. The smallest absolute Gasteiger partial charge is 0.162 e. The van der Waals surface area contributed by atoms with Crippen LogP contribution in [0.4, 0.5) is 4.39 Å². The third-order valence-corrected chi connectivity index (χ3v) is 4.94. The third-order valence-electron chi connectivity index (χ3n) is 3.84. The minimum atomic E-state index is -0.403. The molecule has 0 aromatic heterocycles. The number of hydrogen-bond acceptors (Lipinski definition) is 4. The summed E-state index contributed by atoms with van der Waals surface area (Å²) in [6, 6.07) is 8.21. The fourth-order valence-corrected chi connectivity index (χ4v) is 3.07. The lowest BCUT2D eigenvalue weighted by atomic mass is 10.2. The molecule has 0 spiro atoms. The van der Waals surface area contributed by atoms with Crippen molar-refractivity contribution in [2.75, 3.05) is 20.3 Å². The van der Waals surface area contributed by atoms with E-state index in [1.54, 1.807) is 25.3 Å². The summed E-state index contributed by atoms with van der Waals surface area (Å²) >= 11 is 9.57. The van der Waals surface area contributed by atoms with Gasteiger partial charge >= 0.3 is 0 Å². The molecule has 0 atom stereocenters. The summed E-state index contributed by atoms with van der Waals surface area (Å²) in [5.41, 5.74) is 1.32. The number of rotatable bonds is 10. The van der Waals surface area contributed by atoms with Gasteiger partial charge in [0.05, 0.1) is 12.1 Å². The maximum atomic E-state index is 13.9. The van der Waals surface area contributed by atoms with Crippen molar-refractivity contribution in [1.82, 2.24) is 5.32 Å². The Hall–Kier alpha value is -1.34. The molecule has 2 N–H and O–H groups in total. The van der Waals surface area contributed by atoms with Gasteiger partial charge in [-0.3, -0.25) is 0 Å². The molecule has 0 saturated carbocycles. The van der Waals surface area contributed by atoms with E-state index in [1.807, 2.05) is 6.07 Å². The molecule has 0 unspecified atom stereocenters. The van der Waals surface area contributed by atoms with E-state index in [4.69, 9.17) is 26.2 Å². The summed E-state index contributed by atoms with van der Waals surface area (Å²) in [7, 11) is 1.56. The predicted molar refractivity (Wildman–Crippen MR) is 104 cm³/mol. The second-order valence-electron chi connectivity index (χ2n) is 5.69. The van der Waals surface area contributed by atoms with Gasteiger partial charge in [-0.25, -0.2) is 4.39 Å². The number of nitrogens with one attached hydrogen (secondary N) is 1. The highest BCUT2D eigenvalue weighted by Crippen LogP contribution is 2.34. The number of methoxy groups -OCH3 is 1. The summed E-state index contributed by atoms with van der Waals surface area (Å²) in [5.74, 6) is 0.662. The molecule has 0 fully saturated rings. The minimum absolute atomic E-state index is 0.00701. The number of unbranched alkanes of at least 4 members (excludes halogenated alkanes) is 1. The second kappa shape index (κ2) is 10.7. The first-order valence-electron chi connectivity index (χ1n) is 8.30. The van der Waals surface area contributed by atoms with Gasteiger partial charge in [-0.15, -0.1) is 0 Å². The number of ether oxygens (including phenoxy) is 2. The summed E-state index contributed by atoms with van der Waals surface area (Å²) < 4.78 is 25.9. The van der Waals surface area contributed by atoms with Gasteiger partial charge in [0.15, 0.2) is 11.5 Å². The zero-order valence-corrected chi connectivity index (χ0v) is 16.9. The van der Waals surface area contributed by atoms with E-state index < -0.39 is 5.82 Å². The zero-order chi connectivity index (χ0) is 18.9. The highest BCUT2D eigenvalue weighted by Gasteiger charge is 2.13. The Kier molecular flexibility index (Phi) is 8.65. The van der Waals surface area contributed by atoms with Gasteiger partial charge in [0.2, 0.25) is 0 Å². The molecule has 0 amide bonds. The van der Waals surface area contributed by atoms with E-state index >= 15 is 0 Å². The number of aliphatic hydroxyl groups excluding tert-OH is 1. The lowest BCUT2D eigenvalue weighted by molar-refractivity contribution is 0.279. The van der Waals surface area contributed by atoms with Crippen LogP contribution in [0, 0.1) is 5.82 Å². The van der Waals surface area contributed by atoms with Crippen molar-refractivity contribution < 1.29 is 19.0 Å². The summed E-state index contributed by atoms with van der Waals surface area (Å²) in [6.45, 7) is 1.69. The Morgan fingerprint density at radius 3 is 2.73 bits per heavy atom. The molecule has 2 rings (SSSR count). The number of aliphatic hydroxyl groups is 1. The first-order valence-corrected chi connectivity index (χ1v) is 9.47. The maximum absolute atomic E-state index is 13.9. The molecule has 26 heavy (non-hydrogen) atoms. The molecule has 7 heteroatoms. The molecular weight excluding hydrogens is 425 g/mol. The van der Waals surface area contributed by atoms with Crippen LogP contribution >= 0.6 is 27.5 Å². The van der Waals surface area contributed by atoms with Crippen LogP contribution in [0.15, 0.2) is 34.8 Å². The van der Waals surface area contributed by atoms with Crippen LogP contribution < -0.4 is 14.8 Å². The SMILES string of the molecule is COc1cc(CNCCCCO)c(Br)cc1OCc1c(F)cccc1Cl. The number of hydrogen-bond donors (Lipinski definition) is 2. The van der Waals surface area contributed by atoms with Crippen molar-refractivity contribution in [2.45, 2.75) is 26.0 Å². The molecule has 2 aromatic rings. The van der Waals surface area contributed by atoms with Crippen molar-refractivity contribution in [3.8, 4) is 11.5 Å². The number of benzene rings is 2. The van der Waals surface area contributed by atoms with Crippen LogP contribution in [0.25, 0.3) is 0 Å². The van der Waals surface area contributed by atoms with E-state index in [1.165, 1.54) is 6.07 Å². The quantitative estimate of drug-likeness (QED) is 0.520. The van der Waals surface area contributed by atoms with Gasteiger partial charge in [-0.2, -0.15) is 0 Å². The standard InChI is InChI=1S/C19H22BrClFNO3/c1-25-18-9-13(11-23-7-2-3-8-24)15(20)10-19(18)26-12-14-16(21)5-4-6-17(14)22/h4-6,9-10,23-24H,2-3,7-8,11-12H2,1H3. The van der Waals surface area contributed by atoms with Crippen molar-refractivity contribution in [3.05, 3.63) is 56.8 Å². The van der Waals surface area contributed by atoms with Gasteiger partial charge in [-0.1, -0.05) is 33.6 Å². The highest BCUT2D eigenvalue weighted by atomic mass is 79.9. The Morgan fingerprint density at radius 2 is 2.04 bits per heavy atom. The minimum Gasteiger partial charge on any atom is -0.493 e. The third kappa shape index (κ3) is 5.84. The number of halogens is 3. The van der Waals surface area contributed by atoms with Gasteiger partial charge in [0.1, 0.15) is 12.4 Å². The lowest BCUT2D eigenvalue weighted by Gasteiger charge is -2.15. The van der Waals surface area contributed by atoms with Gasteiger partial charge in [0.25, 0.3) is 0 Å². The first-order chi connectivity index (χ1) is 12.6. The van der Waals surface area contributed by atoms with Crippen LogP contribution in [0.5, 0.6) is 11.5 Å². The molecule has 2 aromatic carbocycles. The van der Waals surface area contributed by atoms with E-state index in [2.05, 4.69) is 21.2 Å². The molecular formula is C19H22BrClFNO3. The van der Waals surface area contributed by atoms with Gasteiger partial charge in [0, 0.05) is 23.2 Å². The van der Waals surface area contributed by atoms with E-state index in [-0.39, 0.29) is 13.2 Å². The molecule has 0 bridgehead atoms. The van der Waals surface area contributed by atoms with Crippen molar-refractivity contribution in [1.29, 1.82) is 0 Å². The highest BCUT2D eigenvalue weighted by molar-refractivity contribution is 9.10. The van der Waals surface area contributed by atoms with Crippen LogP contribution in [-0.2, 0) is 13.2 Å². The Balaban J connectivity index is 2.06. The van der Waals surface area contributed by atoms with E-state index in [0.29, 0.717) is 28.6 Å². The lowest BCUT2D eigenvalue weighted by Crippen LogP contribution is -2.15. The summed E-state index contributed by atoms with van der Waals surface area (Å²) in [4.78, 5) is 0. The van der Waals surface area contributed by atoms with Crippen molar-refractivity contribution >= 4 is 27.5 Å². The van der Waals surface area contributed by atoms with E-state index in [0.717, 1.165) is 29.4 Å². The predicted octanol–water partition coefficient (Wildman–Crippen LogP) is 4.69. The fourth-order valence-electron chi connectivity index (χ4n) is 2.39. The molecule has 0 saturated heterocycles. The molecule has 0 aliphatic heterocycles. The largest absolute Gasteiger partial charge is 0.493 e. The van der Waals surface area contributed by atoms with Crippen molar-refractivity contribution in [3.63, 3.8) is 0 Å². The van der Waals surface area contributed by atoms with Crippen LogP contribution in [-0.4, -0.2) is 25.4 Å². The Morgan fingerprint density at radius 1 is 1.23 bits per heavy atom. The van der Waals surface area contributed by atoms with Gasteiger partial charge in [-0.05, 0) is 49.2 Å². The van der Waals surface area contributed by atoms with Crippen molar-refractivity contribution in [2.24, 2.45) is 0 Å². The molecule has 0 aliphatic rings. The molecule has 4 nitrogen and oxygen atoms in total. The summed E-state index contributed by atoms with van der Waals surface area (Å²) in [5, 5.41) is 12.4. The van der Waals surface area contributed by atoms with Crippen LogP contribution in [0.3, 0.4) is 0 Å². The summed E-state index contributed by atoms with van der Waals surface area (Å²) in [6.07, 6.45) is 1.69. The second-order valence-corrected chi connectivity index (χ2v) is 6.95. The average molecular weight is 447 g/mol.